The molecular formula is C16H27N3O. The standard InChI is InChI=1S/C16H27N3O/c1-3-20-16-14(17)7-8-15(19-16)18-10-9-13-6-4-5-12(2)11-13/h7-8,12-13H,3-6,9-11,17H2,1-2H3,(H,18,19). The first-order chi connectivity index (χ1) is 9.69. The summed E-state index contributed by atoms with van der Waals surface area (Å²) >= 11 is 0. The van der Waals surface area contributed by atoms with Crippen LogP contribution in [-0.2, 0) is 0 Å². The van der Waals surface area contributed by atoms with Gasteiger partial charge in [0.15, 0.2) is 0 Å². The van der Waals surface area contributed by atoms with Crippen LogP contribution in [0, 0.1) is 11.8 Å². The highest BCUT2D eigenvalue weighted by Crippen LogP contribution is 2.30. The Labute approximate surface area is 122 Å². The fourth-order valence-corrected chi connectivity index (χ4v) is 3.03. The minimum Gasteiger partial charge on any atom is -0.476 e. The highest BCUT2D eigenvalue weighted by atomic mass is 16.5. The van der Waals surface area contributed by atoms with Gasteiger partial charge in [-0.05, 0) is 43.7 Å². The number of pyridine rings is 1. The first-order valence-electron chi connectivity index (χ1n) is 7.82. The Balaban J connectivity index is 1.80. The fraction of sp³-hybridized carbons (Fsp3) is 0.688. The third kappa shape index (κ3) is 4.29. The van der Waals surface area contributed by atoms with Crippen molar-refractivity contribution in [2.75, 3.05) is 24.2 Å². The molecule has 2 unspecified atom stereocenters. The molecule has 3 N–H and O–H groups in total. The van der Waals surface area contributed by atoms with Crippen molar-refractivity contribution in [1.82, 2.24) is 4.98 Å². The number of aromatic nitrogens is 1. The number of nitrogen functional groups attached to an aromatic ring is 1. The molecule has 1 fully saturated rings. The first kappa shape index (κ1) is 14.9. The molecule has 0 radical (unpaired) electrons. The van der Waals surface area contributed by atoms with E-state index in [0.29, 0.717) is 18.2 Å². The van der Waals surface area contributed by atoms with Gasteiger partial charge in [0.25, 0.3) is 0 Å². The molecular weight excluding hydrogens is 250 g/mol. The molecule has 0 aliphatic heterocycles. The summed E-state index contributed by atoms with van der Waals surface area (Å²) in [7, 11) is 0. The summed E-state index contributed by atoms with van der Waals surface area (Å²) in [6, 6.07) is 3.77. The predicted molar refractivity (Wildman–Crippen MR) is 84.0 cm³/mol. The van der Waals surface area contributed by atoms with Gasteiger partial charge in [-0.1, -0.05) is 26.2 Å². The minimum absolute atomic E-state index is 0.531. The molecule has 0 amide bonds. The molecule has 4 heteroatoms. The molecule has 1 aromatic rings. The zero-order valence-electron chi connectivity index (χ0n) is 12.7. The highest BCUT2D eigenvalue weighted by molar-refractivity contribution is 5.53. The van der Waals surface area contributed by atoms with Gasteiger partial charge in [-0.15, -0.1) is 0 Å². The Morgan fingerprint density at radius 2 is 2.25 bits per heavy atom. The normalized spacial score (nSPS) is 22.5. The van der Waals surface area contributed by atoms with Crippen LogP contribution in [0.1, 0.15) is 46.0 Å². The molecule has 0 aromatic carbocycles. The molecule has 112 valence electrons. The van der Waals surface area contributed by atoms with E-state index in [1.165, 1.54) is 32.1 Å². The smallest absolute Gasteiger partial charge is 0.239 e. The summed E-state index contributed by atoms with van der Waals surface area (Å²) in [5.41, 5.74) is 6.42. The van der Waals surface area contributed by atoms with Gasteiger partial charge >= 0.3 is 0 Å². The van der Waals surface area contributed by atoms with Crippen LogP contribution in [0.3, 0.4) is 0 Å². The van der Waals surface area contributed by atoms with Gasteiger partial charge in [-0.2, -0.15) is 4.98 Å². The number of ether oxygens (including phenoxy) is 1. The van der Waals surface area contributed by atoms with Gasteiger partial charge < -0.3 is 15.8 Å². The predicted octanol–water partition coefficient (Wildman–Crippen LogP) is 3.69. The van der Waals surface area contributed by atoms with Crippen LogP contribution in [0.25, 0.3) is 0 Å². The van der Waals surface area contributed by atoms with E-state index in [-0.39, 0.29) is 0 Å². The number of nitrogens with one attached hydrogen (secondary N) is 1. The van der Waals surface area contributed by atoms with E-state index in [9.17, 15) is 0 Å². The zero-order valence-corrected chi connectivity index (χ0v) is 12.7. The van der Waals surface area contributed by atoms with Crippen molar-refractivity contribution in [1.29, 1.82) is 0 Å². The molecule has 1 aliphatic rings. The van der Waals surface area contributed by atoms with E-state index in [2.05, 4.69) is 17.2 Å². The van der Waals surface area contributed by atoms with Crippen molar-refractivity contribution < 1.29 is 4.74 Å². The summed E-state index contributed by atoms with van der Waals surface area (Å²) < 4.78 is 5.41. The Hall–Kier alpha value is -1.45. The van der Waals surface area contributed by atoms with Crippen molar-refractivity contribution in [2.24, 2.45) is 11.8 Å². The van der Waals surface area contributed by atoms with Gasteiger partial charge in [0.1, 0.15) is 5.82 Å². The lowest BCUT2D eigenvalue weighted by molar-refractivity contribution is 0.274. The van der Waals surface area contributed by atoms with E-state index >= 15 is 0 Å². The molecule has 0 saturated heterocycles. The van der Waals surface area contributed by atoms with Crippen molar-refractivity contribution in [3.05, 3.63) is 12.1 Å². The summed E-state index contributed by atoms with van der Waals surface area (Å²) in [4.78, 5) is 4.40. The maximum absolute atomic E-state index is 5.82. The first-order valence-corrected chi connectivity index (χ1v) is 7.82. The second-order valence-corrected chi connectivity index (χ2v) is 5.88. The lowest BCUT2D eigenvalue weighted by Gasteiger charge is -2.26. The lowest BCUT2D eigenvalue weighted by Crippen LogP contribution is -2.17. The minimum atomic E-state index is 0.531. The summed E-state index contributed by atoms with van der Waals surface area (Å²) in [5, 5.41) is 3.39. The van der Waals surface area contributed by atoms with Gasteiger partial charge in [-0.25, -0.2) is 0 Å². The van der Waals surface area contributed by atoms with Crippen LogP contribution in [-0.4, -0.2) is 18.1 Å². The summed E-state index contributed by atoms with van der Waals surface area (Å²) in [5.74, 6) is 3.15. The molecule has 2 atom stereocenters. The van der Waals surface area contributed by atoms with E-state index in [1.54, 1.807) is 0 Å². The topological polar surface area (TPSA) is 60.2 Å². The van der Waals surface area contributed by atoms with Crippen LogP contribution in [0.15, 0.2) is 12.1 Å². The Bertz CT molecular complexity index is 422. The summed E-state index contributed by atoms with van der Waals surface area (Å²) in [6.07, 6.45) is 6.77. The number of hydrogen-bond donors (Lipinski definition) is 2. The molecule has 1 saturated carbocycles. The maximum Gasteiger partial charge on any atom is 0.239 e. The fourth-order valence-electron chi connectivity index (χ4n) is 3.03. The Kier molecular flexibility index (Phi) is 5.50. The monoisotopic (exact) mass is 277 g/mol. The molecule has 0 spiro atoms. The number of rotatable bonds is 6. The van der Waals surface area contributed by atoms with Crippen molar-refractivity contribution in [2.45, 2.75) is 46.0 Å². The average Bonchev–Trinajstić information content (AvgIpc) is 2.43. The number of hydrogen-bond acceptors (Lipinski definition) is 4. The van der Waals surface area contributed by atoms with Gasteiger partial charge in [0, 0.05) is 6.54 Å². The third-order valence-corrected chi connectivity index (χ3v) is 4.07. The van der Waals surface area contributed by atoms with E-state index in [4.69, 9.17) is 10.5 Å². The SMILES string of the molecule is CCOc1nc(NCCC2CCCC(C)C2)ccc1N. The number of anilines is 2. The lowest BCUT2D eigenvalue weighted by atomic mass is 9.81. The van der Waals surface area contributed by atoms with Crippen molar-refractivity contribution in [3.63, 3.8) is 0 Å². The number of nitrogens with zero attached hydrogens (tertiary/aromatic N) is 1. The maximum atomic E-state index is 5.82. The average molecular weight is 277 g/mol. The van der Waals surface area contributed by atoms with E-state index in [1.807, 2.05) is 19.1 Å². The second kappa shape index (κ2) is 7.36. The van der Waals surface area contributed by atoms with Crippen molar-refractivity contribution >= 4 is 11.5 Å². The van der Waals surface area contributed by atoms with Crippen molar-refractivity contribution in [3.8, 4) is 5.88 Å². The number of nitrogens with two attached hydrogens (primary N) is 1. The summed E-state index contributed by atoms with van der Waals surface area (Å²) in [6.45, 7) is 5.86. The van der Waals surface area contributed by atoms with Gasteiger partial charge in [-0.3, -0.25) is 0 Å². The molecule has 2 rings (SSSR count). The molecule has 20 heavy (non-hydrogen) atoms. The van der Waals surface area contributed by atoms with Gasteiger partial charge in [0.05, 0.1) is 12.3 Å². The molecule has 1 heterocycles. The second-order valence-electron chi connectivity index (χ2n) is 5.88. The largest absolute Gasteiger partial charge is 0.476 e. The van der Waals surface area contributed by atoms with Crippen LogP contribution < -0.4 is 15.8 Å². The highest BCUT2D eigenvalue weighted by Gasteiger charge is 2.18. The van der Waals surface area contributed by atoms with Gasteiger partial charge in [0.2, 0.25) is 5.88 Å². The third-order valence-electron chi connectivity index (χ3n) is 4.07. The molecule has 1 aliphatic carbocycles. The van der Waals surface area contributed by atoms with Crippen LogP contribution in [0.5, 0.6) is 5.88 Å². The zero-order chi connectivity index (χ0) is 14.4. The molecule has 0 bridgehead atoms. The molecule has 1 aromatic heterocycles. The van der Waals surface area contributed by atoms with Crippen LogP contribution >= 0.6 is 0 Å². The quantitative estimate of drug-likeness (QED) is 0.832. The van der Waals surface area contributed by atoms with E-state index < -0.39 is 0 Å². The Morgan fingerprint density at radius 1 is 1.40 bits per heavy atom. The van der Waals surface area contributed by atoms with Crippen LogP contribution in [0.2, 0.25) is 0 Å². The van der Waals surface area contributed by atoms with Crippen LogP contribution in [0.4, 0.5) is 11.5 Å². The Morgan fingerprint density at radius 3 is 3.00 bits per heavy atom. The molecule has 4 nitrogen and oxygen atoms in total. The van der Waals surface area contributed by atoms with E-state index in [0.717, 1.165) is 24.2 Å².